The number of benzene rings is 2. The highest BCUT2D eigenvalue weighted by atomic mass is 16.5. The van der Waals surface area contributed by atoms with E-state index < -0.39 is 0 Å². The number of ether oxygens (including phenoxy) is 2. The molecule has 0 aromatic heterocycles. The van der Waals surface area contributed by atoms with Gasteiger partial charge in [-0.15, -0.1) is 0 Å². The zero-order valence-electron chi connectivity index (χ0n) is 14.6. The molecular weight excluding hydrogens is 330 g/mol. The molecule has 2 N–H and O–H groups in total. The molecule has 2 aromatic carbocycles. The zero-order valence-corrected chi connectivity index (χ0v) is 14.6. The normalized spacial score (nSPS) is 18.2. The van der Waals surface area contributed by atoms with E-state index in [0.717, 1.165) is 37.4 Å². The lowest BCUT2D eigenvalue weighted by atomic mass is 9.83. The third-order valence-electron chi connectivity index (χ3n) is 5.50. The van der Waals surface area contributed by atoms with Crippen molar-refractivity contribution in [2.45, 2.75) is 39.5 Å². The van der Waals surface area contributed by atoms with Gasteiger partial charge in [-0.25, -0.2) is 0 Å². The number of hydrogen-bond donors (Lipinski definition) is 2. The van der Waals surface area contributed by atoms with Gasteiger partial charge in [0, 0.05) is 30.3 Å². The molecule has 0 spiro atoms. The lowest BCUT2D eigenvalue weighted by molar-refractivity contribution is 0.157. The number of fused-ring (bicyclic) bond motifs is 4. The van der Waals surface area contributed by atoms with Gasteiger partial charge in [0.2, 0.25) is 0 Å². The van der Waals surface area contributed by atoms with Gasteiger partial charge in [-0.1, -0.05) is 13.5 Å². The molecule has 2 aromatic rings. The molecule has 26 heavy (non-hydrogen) atoms. The largest absolute Gasteiger partial charge is 0.508 e. The average Bonchev–Trinajstić information content (AvgIpc) is 2.65. The van der Waals surface area contributed by atoms with Crippen LogP contribution in [0.1, 0.15) is 41.3 Å². The second kappa shape index (κ2) is 7.17. The summed E-state index contributed by atoms with van der Waals surface area (Å²) in [7, 11) is 3.35. The van der Waals surface area contributed by atoms with Crippen LogP contribution in [0.25, 0.3) is 0 Å². The fourth-order valence-electron chi connectivity index (χ4n) is 4.21. The SMILES string of the molecule is C.COc1ccc2c(c1OC)CN1CCc3cc(CO)c(O)cc3[C@@H]1C2. The van der Waals surface area contributed by atoms with Crippen molar-refractivity contribution in [3.05, 3.63) is 52.1 Å². The van der Waals surface area contributed by atoms with Crippen molar-refractivity contribution in [3.8, 4) is 17.2 Å². The minimum absolute atomic E-state index is 0. The van der Waals surface area contributed by atoms with Gasteiger partial charge >= 0.3 is 0 Å². The Labute approximate surface area is 154 Å². The summed E-state index contributed by atoms with van der Waals surface area (Å²) in [5.74, 6) is 1.77. The minimum atomic E-state index is -0.132. The number of aliphatic hydroxyl groups excluding tert-OH is 1. The molecule has 5 nitrogen and oxygen atoms in total. The van der Waals surface area contributed by atoms with Crippen molar-refractivity contribution in [1.29, 1.82) is 0 Å². The minimum Gasteiger partial charge on any atom is -0.508 e. The highest BCUT2D eigenvalue weighted by molar-refractivity contribution is 5.53. The van der Waals surface area contributed by atoms with Crippen molar-refractivity contribution in [2.75, 3.05) is 20.8 Å². The monoisotopic (exact) mass is 357 g/mol. The first-order valence-corrected chi connectivity index (χ1v) is 8.58. The highest BCUT2D eigenvalue weighted by Gasteiger charge is 2.34. The number of rotatable bonds is 3. The summed E-state index contributed by atoms with van der Waals surface area (Å²) >= 11 is 0. The number of aliphatic hydroxyl groups is 1. The van der Waals surface area contributed by atoms with Gasteiger partial charge in [0.05, 0.1) is 20.8 Å². The Balaban J connectivity index is 0.00000196. The molecule has 0 aliphatic carbocycles. The Morgan fingerprint density at radius 2 is 1.96 bits per heavy atom. The Kier molecular flexibility index (Phi) is 5.12. The highest BCUT2D eigenvalue weighted by Crippen LogP contribution is 2.44. The van der Waals surface area contributed by atoms with Crippen LogP contribution in [0.4, 0.5) is 0 Å². The fourth-order valence-corrected chi connectivity index (χ4v) is 4.21. The number of aromatic hydroxyl groups is 1. The lowest BCUT2D eigenvalue weighted by Crippen LogP contribution is -2.39. The average molecular weight is 357 g/mol. The topological polar surface area (TPSA) is 62.2 Å². The number of nitrogens with zero attached hydrogens (tertiary/aromatic N) is 1. The van der Waals surface area contributed by atoms with E-state index in [1.165, 1.54) is 22.3 Å². The fraction of sp³-hybridized carbons (Fsp3) is 0.429. The first-order valence-electron chi connectivity index (χ1n) is 8.58. The summed E-state index contributed by atoms with van der Waals surface area (Å²) in [5, 5.41) is 19.6. The van der Waals surface area contributed by atoms with Crippen LogP contribution in [0.2, 0.25) is 0 Å². The van der Waals surface area contributed by atoms with Gasteiger partial charge in [0.1, 0.15) is 5.75 Å². The molecule has 0 unspecified atom stereocenters. The molecule has 4 rings (SSSR count). The van der Waals surface area contributed by atoms with Crippen LogP contribution in [0.15, 0.2) is 24.3 Å². The molecule has 1 atom stereocenters. The van der Waals surface area contributed by atoms with E-state index >= 15 is 0 Å². The molecule has 2 aliphatic rings. The first-order chi connectivity index (χ1) is 12.2. The molecule has 5 heteroatoms. The third kappa shape index (κ3) is 2.81. The number of hydrogen-bond acceptors (Lipinski definition) is 5. The maximum atomic E-state index is 10.2. The smallest absolute Gasteiger partial charge is 0.165 e. The van der Waals surface area contributed by atoms with Crippen molar-refractivity contribution in [3.63, 3.8) is 0 Å². The van der Waals surface area contributed by atoms with E-state index in [1.54, 1.807) is 14.2 Å². The van der Waals surface area contributed by atoms with Crippen molar-refractivity contribution < 1.29 is 19.7 Å². The van der Waals surface area contributed by atoms with Gasteiger partial charge < -0.3 is 19.7 Å². The van der Waals surface area contributed by atoms with Gasteiger partial charge in [-0.05, 0) is 47.7 Å². The van der Waals surface area contributed by atoms with Crippen LogP contribution < -0.4 is 9.47 Å². The maximum Gasteiger partial charge on any atom is 0.165 e. The molecule has 0 fully saturated rings. The molecule has 2 aliphatic heterocycles. The van der Waals surface area contributed by atoms with Gasteiger partial charge in [-0.3, -0.25) is 4.90 Å². The number of phenols is 1. The second-order valence-corrected chi connectivity index (χ2v) is 6.72. The molecule has 0 saturated heterocycles. The van der Waals surface area contributed by atoms with E-state index in [9.17, 15) is 10.2 Å². The predicted octanol–water partition coefficient (Wildman–Crippen LogP) is 3.19. The standard InChI is InChI=1S/C20H23NO4.CH4/c1-24-19-4-3-12-8-17-15-9-18(23)14(11-22)7-13(15)5-6-21(17)10-16(12)20(19)25-2;/h3-4,7,9,17,22-23H,5-6,8,10-11H2,1-2H3;1H4/t17-;/m0./s1. The van der Waals surface area contributed by atoms with Gasteiger partial charge in [0.15, 0.2) is 11.5 Å². The summed E-state index contributed by atoms with van der Waals surface area (Å²) in [6, 6.07) is 8.11. The molecule has 0 radical (unpaired) electrons. The first kappa shape index (κ1) is 18.5. The van der Waals surface area contributed by atoms with Crippen molar-refractivity contribution in [1.82, 2.24) is 4.90 Å². The van der Waals surface area contributed by atoms with E-state index in [1.807, 2.05) is 18.2 Å². The van der Waals surface area contributed by atoms with Crippen LogP contribution in [0, 0.1) is 0 Å². The van der Waals surface area contributed by atoms with Gasteiger partial charge in [0.25, 0.3) is 0 Å². The summed E-state index contributed by atoms with van der Waals surface area (Å²) in [5.41, 5.74) is 5.46. The number of methoxy groups -OCH3 is 2. The molecule has 0 bridgehead atoms. The summed E-state index contributed by atoms with van der Waals surface area (Å²) < 4.78 is 11.0. The van der Waals surface area contributed by atoms with Crippen molar-refractivity contribution >= 4 is 0 Å². The van der Waals surface area contributed by atoms with Crippen LogP contribution in [0.5, 0.6) is 17.2 Å². The Bertz CT molecular complexity index is 818. The third-order valence-corrected chi connectivity index (χ3v) is 5.50. The van der Waals surface area contributed by atoms with E-state index in [0.29, 0.717) is 5.56 Å². The quantitative estimate of drug-likeness (QED) is 0.883. The van der Waals surface area contributed by atoms with Crippen molar-refractivity contribution in [2.24, 2.45) is 0 Å². The van der Waals surface area contributed by atoms with Crippen LogP contribution >= 0.6 is 0 Å². The molecule has 0 amide bonds. The van der Waals surface area contributed by atoms with Crippen LogP contribution in [-0.2, 0) is 26.0 Å². The maximum absolute atomic E-state index is 10.2. The Hall–Kier alpha value is -2.24. The summed E-state index contributed by atoms with van der Waals surface area (Å²) in [4.78, 5) is 2.44. The molecular formula is C21H27NO4. The van der Waals surface area contributed by atoms with Crippen LogP contribution in [-0.4, -0.2) is 35.9 Å². The predicted molar refractivity (Wildman–Crippen MR) is 101 cm³/mol. The zero-order chi connectivity index (χ0) is 17.6. The summed E-state index contributed by atoms with van der Waals surface area (Å²) in [6.45, 7) is 1.63. The summed E-state index contributed by atoms with van der Waals surface area (Å²) in [6.07, 6.45) is 1.79. The Morgan fingerprint density at radius 3 is 2.65 bits per heavy atom. The van der Waals surface area contributed by atoms with Crippen LogP contribution in [0.3, 0.4) is 0 Å². The van der Waals surface area contributed by atoms with E-state index in [2.05, 4.69) is 11.0 Å². The van der Waals surface area contributed by atoms with E-state index in [4.69, 9.17) is 9.47 Å². The second-order valence-electron chi connectivity index (χ2n) is 6.72. The lowest BCUT2D eigenvalue weighted by Gasteiger charge is -2.42. The Morgan fingerprint density at radius 1 is 1.15 bits per heavy atom. The molecule has 2 heterocycles. The molecule has 0 saturated carbocycles. The van der Waals surface area contributed by atoms with Gasteiger partial charge in [-0.2, -0.15) is 0 Å². The molecule has 140 valence electrons. The van der Waals surface area contributed by atoms with E-state index in [-0.39, 0.29) is 25.8 Å².